The molecule has 2 aromatic carbocycles. The van der Waals surface area contributed by atoms with Crippen molar-refractivity contribution in [3.8, 4) is 16.3 Å². The van der Waals surface area contributed by atoms with Crippen molar-refractivity contribution in [2.45, 2.75) is 0 Å². The third-order valence-corrected chi connectivity index (χ3v) is 5.25. The fourth-order valence-electron chi connectivity index (χ4n) is 2.93. The zero-order chi connectivity index (χ0) is 22.3. The zero-order valence-corrected chi connectivity index (χ0v) is 17.6. The van der Waals surface area contributed by atoms with E-state index in [9.17, 15) is 14.0 Å². The number of nitrogens with zero attached hydrogens (tertiary/aromatic N) is 2. The van der Waals surface area contributed by atoms with Gasteiger partial charge in [0.2, 0.25) is 0 Å². The topological polar surface area (TPSA) is 73.2 Å². The lowest BCUT2D eigenvalue weighted by atomic mass is 10.2. The molecular weight excluding hydrogens is 429 g/mol. The fourth-order valence-corrected chi connectivity index (χ4v) is 3.66. The second kappa shape index (κ2) is 9.84. The normalized spacial score (nSPS) is 10.9. The summed E-state index contributed by atoms with van der Waals surface area (Å²) in [4.78, 5) is 25.0. The Balaban J connectivity index is 1.43. The number of hydrogen-bond acceptors (Lipinski definition) is 5. The van der Waals surface area contributed by atoms with E-state index in [0.29, 0.717) is 0 Å². The smallest absolute Gasteiger partial charge is 0.331 e. The van der Waals surface area contributed by atoms with Crippen molar-refractivity contribution >= 4 is 35.0 Å². The van der Waals surface area contributed by atoms with Crippen LogP contribution in [0.25, 0.3) is 22.3 Å². The third-order valence-electron chi connectivity index (χ3n) is 4.37. The zero-order valence-electron chi connectivity index (χ0n) is 16.8. The van der Waals surface area contributed by atoms with E-state index in [1.807, 2.05) is 54.0 Å². The van der Waals surface area contributed by atoms with E-state index in [1.54, 1.807) is 28.2 Å². The van der Waals surface area contributed by atoms with Gasteiger partial charge in [0, 0.05) is 23.5 Å². The van der Waals surface area contributed by atoms with Crippen LogP contribution in [-0.2, 0) is 14.3 Å². The lowest BCUT2D eigenvalue weighted by Gasteiger charge is -2.05. The number of halogens is 1. The minimum absolute atomic E-state index is 0.288. The lowest BCUT2D eigenvalue weighted by Crippen LogP contribution is -2.20. The maximum absolute atomic E-state index is 13.2. The summed E-state index contributed by atoms with van der Waals surface area (Å²) in [6.45, 7) is -0.485. The number of carbonyl (C=O) groups excluding carboxylic acids is 2. The number of para-hydroxylation sites is 1. The Bertz CT molecular complexity index is 1250. The molecule has 2 heterocycles. The number of ether oxygens (including phenoxy) is 1. The van der Waals surface area contributed by atoms with Crippen LogP contribution >= 0.6 is 11.3 Å². The highest BCUT2D eigenvalue weighted by Crippen LogP contribution is 2.28. The molecule has 4 aromatic rings. The van der Waals surface area contributed by atoms with Crippen LogP contribution in [0.4, 0.5) is 10.1 Å². The maximum Gasteiger partial charge on any atom is 0.331 e. The molecule has 0 atom stereocenters. The molecule has 0 bridgehead atoms. The van der Waals surface area contributed by atoms with Crippen molar-refractivity contribution in [1.82, 2.24) is 9.78 Å². The van der Waals surface area contributed by atoms with E-state index in [0.717, 1.165) is 21.8 Å². The highest BCUT2D eigenvalue weighted by molar-refractivity contribution is 7.13. The average molecular weight is 447 g/mol. The number of nitrogens with one attached hydrogen (secondary N) is 1. The molecule has 8 heteroatoms. The molecule has 2 aromatic heterocycles. The van der Waals surface area contributed by atoms with Crippen LogP contribution < -0.4 is 5.32 Å². The number of esters is 1. The molecule has 0 unspecified atom stereocenters. The van der Waals surface area contributed by atoms with Crippen LogP contribution in [0.5, 0.6) is 0 Å². The standard InChI is InChI=1S/C24H18FN3O3S/c25-18-6-4-7-19(14-18)26-22(29)16-31-23(30)12-11-17-15-28(20-8-2-1-3-9-20)27-24(17)21-10-5-13-32-21/h1-15H,16H2,(H,26,29). The lowest BCUT2D eigenvalue weighted by molar-refractivity contribution is -0.142. The second-order valence-electron chi connectivity index (χ2n) is 6.69. The third kappa shape index (κ3) is 5.35. The number of amides is 1. The van der Waals surface area contributed by atoms with Gasteiger partial charge in [0.05, 0.1) is 10.6 Å². The molecule has 0 aliphatic heterocycles. The molecule has 1 amide bonds. The number of carbonyl (C=O) groups is 2. The maximum atomic E-state index is 13.2. The highest BCUT2D eigenvalue weighted by Gasteiger charge is 2.12. The molecule has 0 radical (unpaired) electrons. The average Bonchev–Trinajstić information content (AvgIpc) is 3.47. The summed E-state index contributed by atoms with van der Waals surface area (Å²) in [5.41, 5.74) is 2.64. The Morgan fingerprint density at radius 1 is 1.09 bits per heavy atom. The molecule has 0 spiro atoms. The summed E-state index contributed by atoms with van der Waals surface area (Å²) < 4.78 is 19.9. The number of hydrogen-bond donors (Lipinski definition) is 1. The van der Waals surface area contributed by atoms with Gasteiger partial charge < -0.3 is 10.1 Å². The molecule has 160 valence electrons. The van der Waals surface area contributed by atoms with Crippen molar-refractivity contribution in [1.29, 1.82) is 0 Å². The quantitative estimate of drug-likeness (QED) is 0.322. The summed E-state index contributed by atoms with van der Waals surface area (Å²) in [6, 6.07) is 19.0. The molecule has 0 saturated heterocycles. The molecule has 0 aliphatic carbocycles. The molecule has 32 heavy (non-hydrogen) atoms. The molecule has 1 N–H and O–H groups in total. The Morgan fingerprint density at radius 3 is 2.69 bits per heavy atom. The predicted molar refractivity (Wildman–Crippen MR) is 122 cm³/mol. The molecule has 0 saturated carbocycles. The van der Waals surface area contributed by atoms with Gasteiger partial charge >= 0.3 is 5.97 Å². The van der Waals surface area contributed by atoms with Crippen LogP contribution in [0, 0.1) is 5.82 Å². The van der Waals surface area contributed by atoms with Gasteiger partial charge in [-0.3, -0.25) is 4.79 Å². The number of rotatable bonds is 7. The first-order chi connectivity index (χ1) is 15.6. The van der Waals surface area contributed by atoms with Crippen molar-refractivity contribution in [2.75, 3.05) is 11.9 Å². The first-order valence-electron chi connectivity index (χ1n) is 9.68. The molecule has 0 fully saturated rings. The van der Waals surface area contributed by atoms with E-state index in [1.165, 1.54) is 24.3 Å². The number of benzene rings is 2. The number of thiophene rings is 1. The SMILES string of the molecule is O=C(COC(=O)C=Cc1cn(-c2ccccc2)nc1-c1cccs1)Nc1cccc(F)c1. The summed E-state index contributed by atoms with van der Waals surface area (Å²) in [5, 5.41) is 9.08. The van der Waals surface area contributed by atoms with E-state index in [4.69, 9.17) is 4.74 Å². The summed E-state index contributed by atoms with van der Waals surface area (Å²) in [7, 11) is 0. The second-order valence-corrected chi connectivity index (χ2v) is 7.64. The summed E-state index contributed by atoms with van der Waals surface area (Å²) >= 11 is 1.54. The van der Waals surface area contributed by atoms with Crippen LogP contribution in [0.1, 0.15) is 5.56 Å². The highest BCUT2D eigenvalue weighted by atomic mass is 32.1. The summed E-state index contributed by atoms with van der Waals surface area (Å²) in [5.74, 6) is -1.71. The van der Waals surface area contributed by atoms with E-state index in [-0.39, 0.29) is 5.69 Å². The monoisotopic (exact) mass is 447 g/mol. The first-order valence-corrected chi connectivity index (χ1v) is 10.6. The molecule has 6 nitrogen and oxygen atoms in total. The Hall–Kier alpha value is -4.04. The van der Waals surface area contributed by atoms with Crippen LogP contribution in [0.15, 0.2) is 84.4 Å². The van der Waals surface area contributed by atoms with Crippen LogP contribution in [-0.4, -0.2) is 28.3 Å². The van der Waals surface area contributed by atoms with Gasteiger partial charge in [-0.1, -0.05) is 30.3 Å². The van der Waals surface area contributed by atoms with Gasteiger partial charge in [-0.05, 0) is 47.9 Å². The van der Waals surface area contributed by atoms with Gasteiger partial charge in [-0.25, -0.2) is 13.9 Å². The Labute approximate surface area is 187 Å². The van der Waals surface area contributed by atoms with E-state index < -0.39 is 24.3 Å². The van der Waals surface area contributed by atoms with Gasteiger partial charge in [0.25, 0.3) is 5.91 Å². The minimum atomic E-state index is -0.677. The van der Waals surface area contributed by atoms with Crippen LogP contribution in [0.3, 0.4) is 0 Å². The molecule has 4 rings (SSSR count). The van der Waals surface area contributed by atoms with E-state index in [2.05, 4.69) is 10.4 Å². The largest absolute Gasteiger partial charge is 0.452 e. The van der Waals surface area contributed by atoms with Gasteiger partial charge in [-0.15, -0.1) is 11.3 Å². The van der Waals surface area contributed by atoms with Crippen molar-refractivity contribution < 1.29 is 18.7 Å². The van der Waals surface area contributed by atoms with Gasteiger partial charge in [0.1, 0.15) is 11.5 Å². The fraction of sp³-hybridized carbons (Fsp3) is 0.0417. The van der Waals surface area contributed by atoms with Crippen molar-refractivity contribution in [3.05, 3.63) is 95.8 Å². The molecule has 0 aliphatic rings. The number of anilines is 1. The minimum Gasteiger partial charge on any atom is -0.452 e. The Kier molecular flexibility index (Phi) is 6.52. The van der Waals surface area contributed by atoms with Gasteiger partial charge in [0.15, 0.2) is 6.61 Å². The number of aromatic nitrogens is 2. The van der Waals surface area contributed by atoms with Crippen LogP contribution in [0.2, 0.25) is 0 Å². The van der Waals surface area contributed by atoms with Crippen molar-refractivity contribution in [3.63, 3.8) is 0 Å². The van der Waals surface area contributed by atoms with Crippen molar-refractivity contribution in [2.24, 2.45) is 0 Å². The Morgan fingerprint density at radius 2 is 1.94 bits per heavy atom. The molecular formula is C24H18FN3O3S. The predicted octanol–water partition coefficient (Wildman–Crippen LogP) is 4.94. The first kappa shape index (κ1) is 21.2. The summed E-state index contributed by atoms with van der Waals surface area (Å²) in [6.07, 6.45) is 4.68. The van der Waals surface area contributed by atoms with E-state index >= 15 is 0 Å². The van der Waals surface area contributed by atoms with Gasteiger partial charge in [-0.2, -0.15) is 5.10 Å².